The topological polar surface area (TPSA) is 115 Å². The molecule has 7 heteroatoms. The highest BCUT2D eigenvalue weighted by molar-refractivity contribution is 6.01. The Morgan fingerprint density at radius 2 is 2.11 bits per heavy atom. The summed E-state index contributed by atoms with van der Waals surface area (Å²) in [5.41, 5.74) is 8.33. The molecule has 98 valence electrons. The number of aromatic nitrogens is 1. The first kappa shape index (κ1) is 12.8. The van der Waals surface area contributed by atoms with Gasteiger partial charge < -0.3 is 10.8 Å². The van der Waals surface area contributed by atoms with Gasteiger partial charge in [-0.15, -0.1) is 0 Å². The molecule has 0 aliphatic heterocycles. The van der Waals surface area contributed by atoms with E-state index in [-0.39, 0.29) is 11.4 Å². The fourth-order valence-corrected chi connectivity index (χ4v) is 1.55. The third-order valence-corrected chi connectivity index (χ3v) is 2.35. The lowest BCUT2D eigenvalue weighted by atomic mass is 10.1. The van der Waals surface area contributed by atoms with Crippen LogP contribution in [-0.4, -0.2) is 28.6 Å². The number of carbonyl (C=O) groups is 2. The van der Waals surface area contributed by atoms with Gasteiger partial charge in [-0.25, -0.2) is 15.3 Å². The molecule has 19 heavy (non-hydrogen) atoms. The van der Waals surface area contributed by atoms with Crippen molar-refractivity contribution in [3.8, 4) is 0 Å². The number of nitrogens with zero attached hydrogens (tertiary/aromatic N) is 1. The van der Waals surface area contributed by atoms with Gasteiger partial charge in [0, 0.05) is 5.39 Å². The first-order valence-corrected chi connectivity index (χ1v) is 5.37. The average molecular weight is 261 g/mol. The Labute approximate surface area is 108 Å². The fraction of sp³-hybridized carbons (Fsp3) is 0.0833. The molecular formula is C12H11N3O4. The second-order valence-electron chi connectivity index (χ2n) is 3.73. The summed E-state index contributed by atoms with van der Waals surface area (Å²) in [6.45, 7) is -0.563. The minimum atomic E-state index is -1.14. The maximum Gasteiger partial charge on any atom is 0.332 e. The molecule has 0 saturated heterocycles. The number of carboxylic acids is 1. The molecule has 0 bridgehead atoms. The van der Waals surface area contributed by atoms with Crippen LogP contribution in [0.3, 0.4) is 0 Å². The maximum absolute atomic E-state index is 11.3. The molecule has 1 aromatic carbocycles. The number of fused-ring (bicyclic) bond motifs is 1. The number of pyridine rings is 1. The van der Waals surface area contributed by atoms with Gasteiger partial charge in [0.25, 0.3) is 5.91 Å². The molecule has 1 amide bonds. The van der Waals surface area contributed by atoms with Crippen LogP contribution in [0.15, 0.2) is 30.3 Å². The molecule has 1 aromatic heterocycles. The van der Waals surface area contributed by atoms with E-state index >= 15 is 0 Å². The van der Waals surface area contributed by atoms with Gasteiger partial charge in [0.2, 0.25) is 0 Å². The van der Waals surface area contributed by atoms with Gasteiger partial charge in [0.05, 0.1) is 11.1 Å². The van der Waals surface area contributed by atoms with E-state index < -0.39 is 18.5 Å². The van der Waals surface area contributed by atoms with E-state index in [1.165, 1.54) is 0 Å². The summed E-state index contributed by atoms with van der Waals surface area (Å²) in [4.78, 5) is 30.5. The molecule has 0 aliphatic carbocycles. The highest BCUT2D eigenvalue weighted by Crippen LogP contribution is 2.20. The largest absolute Gasteiger partial charge is 0.479 e. The van der Waals surface area contributed by atoms with Crippen LogP contribution in [-0.2, 0) is 9.63 Å². The summed E-state index contributed by atoms with van der Waals surface area (Å²) in [5, 5.41) is 9.21. The van der Waals surface area contributed by atoms with Gasteiger partial charge >= 0.3 is 5.97 Å². The average Bonchev–Trinajstić information content (AvgIpc) is 2.37. The number of carboxylic acid groups (broad SMARTS) is 1. The van der Waals surface area contributed by atoms with Crippen molar-refractivity contribution in [2.24, 2.45) is 5.73 Å². The molecule has 2 aromatic rings. The van der Waals surface area contributed by atoms with E-state index in [4.69, 9.17) is 15.7 Å². The van der Waals surface area contributed by atoms with Crippen LogP contribution in [0, 0.1) is 0 Å². The van der Waals surface area contributed by atoms with Crippen LogP contribution in [0.2, 0.25) is 0 Å². The normalized spacial score (nSPS) is 10.3. The van der Waals surface area contributed by atoms with Crippen molar-refractivity contribution < 1.29 is 19.5 Å². The number of carbonyl (C=O) groups excluding carboxylic acids is 1. The minimum Gasteiger partial charge on any atom is -0.479 e. The number of hydrogen-bond donors (Lipinski definition) is 3. The van der Waals surface area contributed by atoms with Crippen molar-refractivity contribution in [3.05, 3.63) is 35.9 Å². The van der Waals surface area contributed by atoms with Crippen LogP contribution in [0.4, 0.5) is 5.82 Å². The summed E-state index contributed by atoms with van der Waals surface area (Å²) >= 11 is 0. The lowest BCUT2D eigenvalue weighted by Crippen LogP contribution is -2.18. The van der Waals surface area contributed by atoms with Crippen LogP contribution in [0.1, 0.15) is 10.4 Å². The number of aliphatic carboxylic acids is 1. The molecule has 0 unspecified atom stereocenters. The van der Waals surface area contributed by atoms with Crippen LogP contribution in [0.5, 0.6) is 0 Å². The molecule has 0 radical (unpaired) electrons. The molecule has 7 nitrogen and oxygen atoms in total. The van der Waals surface area contributed by atoms with Crippen molar-refractivity contribution >= 4 is 28.6 Å². The summed E-state index contributed by atoms with van der Waals surface area (Å²) < 4.78 is 0. The van der Waals surface area contributed by atoms with Crippen molar-refractivity contribution in [1.82, 2.24) is 4.98 Å². The first-order valence-electron chi connectivity index (χ1n) is 5.37. The quantitative estimate of drug-likeness (QED) is 0.684. The summed E-state index contributed by atoms with van der Waals surface area (Å²) in [5.74, 6) is -1.74. The van der Waals surface area contributed by atoms with Crippen molar-refractivity contribution in [2.75, 3.05) is 12.1 Å². The van der Waals surface area contributed by atoms with Gasteiger partial charge in [-0.3, -0.25) is 9.63 Å². The molecule has 0 fully saturated rings. The summed E-state index contributed by atoms with van der Waals surface area (Å²) in [7, 11) is 0. The Morgan fingerprint density at radius 1 is 1.37 bits per heavy atom. The van der Waals surface area contributed by atoms with Crippen LogP contribution < -0.4 is 11.2 Å². The number of para-hydroxylation sites is 1. The Bertz CT molecular complexity index is 642. The number of nitrogens with two attached hydrogens (primary N) is 1. The van der Waals surface area contributed by atoms with E-state index in [1.54, 1.807) is 24.3 Å². The number of anilines is 1. The SMILES string of the molecule is NC(=O)c1cc2ccccc2nc1NOCC(=O)O. The minimum absolute atomic E-state index is 0.0902. The maximum atomic E-state index is 11.3. The van der Waals surface area contributed by atoms with E-state index in [1.807, 2.05) is 6.07 Å². The molecule has 4 N–H and O–H groups in total. The van der Waals surface area contributed by atoms with Gasteiger partial charge in [-0.1, -0.05) is 18.2 Å². The summed E-state index contributed by atoms with van der Waals surface area (Å²) in [6, 6.07) is 8.71. The zero-order chi connectivity index (χ0) is 13.8. The third kappa shape index (κ3) is 2.96. The molecule has 1 heterocycles. The molecule has 0 spiro atoms. The smallest absolute Gasteiger partial charge is 0.332 e. The van der Waals surface area contributed by atoms with Crippen molar-refractivity contribution in [2.45, 2.75) is 0 Å². The highest BCUT2D eigenvalue weighted by atomic mass is 16.7. The number of benzene rings is 1. The Balaban J connectivity index is 2.36. The number of nitrogens with one attached hydrogen (secondary N) is 1. The van der Waals surface area contributed by atoms with Crippen molar-refractivity contribution in [1.29, 1.82) is 0 Å². The van der Waals surface area contributed by atoms with Gasteiger partial charge in [0.15, 0.2) is 12.4 Å². The number of hydrogen-bond acceptors (Lipinski definition) is 5. The van der Waals surface area contributed by atoms with E-state index in [0.717, 1.165) is 5.39 Å². The van der Waals surface area contributed by atoms with E-state index in [0.29, 0.717) is 5.52 Å². The van der Waals surface area contributed by atoms with E-state index in [9.17, 15) is 9.59 Å². The monoisotopic (exact) mass is 261 g/mol. The predicted molar refractivity (Wildman–Crippen MR) is 67.5 cm³/mol. The van der Waals surface area contributed by atoms with Gasteiger partial charge in [0.1, 0.15) is 0 Å². The predicted octanol–water partition coefficient (Wildman–Crippen LogP) is 0.762. The lowest BCUT2D eigenvalue weighted by Gasteiger charge is -2.09. The number of rotatable bonds is 5. The lowest BCUT2D eigenvalue weighted by molar-refractivity contribution is -0.141. The second kappa shape index (κ2) is 5.32. The number of amides is 1. The third-order valence-electron chi connectivity index (χ3n) is 2.35. The van der Waals surface area contributed by atoms with Gasteiger partial charge in [-0.2, -0.15) is 0 Å². The second-order valence-corrected chi connectivity index (χ2v) is 3.73. The highest BCUT2D eigenvalue weighted by Gasteiger charge is 2.12. The molecule has 2 rings (SSSR count). The standard InChI is InChI=1S/C12H11N3O4/c13-11(18)8-5-7-3-1-2-4-9(7)14-12(8)15-19-6-10(16)17/h1-5H,6H2,(H2,13,18)(H,14,15)(H,16,17). The van der Waals surface area contributed by atoms with Crippen molar-refractivity contribution in [3.63, 3.8) is 0 Å². The first-order chi connectivity index (χ1) is 9.08. The Kier molecular flexibility index (Phi) is 3.58. The molecular weight excluding hydrogens is 250 g/mol. The van der Waals surface area contributed by atoms with Gasteiger partial charge in [-0.05, 0) is 12.1 Å². The molecule has 0 saturated carbocycles. The Morgan fingerprint density at radius 3 is 2.79 bits per heavy atom. The Hall–Kier alpha value is -2.67. The fourth-order valence-electron chi connectivity index (χ4n) is 1.55. The number of primary amides is 1. The summed E-state index contributed by atoms with van der Waals surface area (Å²) in [6.07, 6.45) is 0. The van der Waals surface area contributed by atoms with Crippen LogP contribution in [0.25, 0.3) is 10.9 Å². The van der Waals surface area contributed by atoms with E-state index in [2.05, 4.69) is 10.5 Å². The molecule has 0 atom stereocenters. The molecule has 0 aliphatic rings. The zero-order valence-electron chi connectivity index (χ0n) is 9.79. The van der Waals surface area contributed by atoms with Crippen LogP contribution >= 0.6 is 0 Å². The zero-order valence-corrected chi connectivity index (χ0v) is 9.79.